The summed E-state index contributed by atoms with van der Waals surface area (Å²) in [4.78, 5) is 20.9. The number of aromatic nitrogens is 4. The monoisotopic (exact) mass is 774 g/mol. The second-order valence-corrected chi connectivity index (χ2v) is 16.6. The van der Waals surface area contributed by atoms with Crippen molar-refractivity contribution in [3.05, 3.63) is 182 Å². The van der Waals surface area contributed by atoms with Gasteiger partial charge in [0.2, 0.25) is 0 Å². The summed E-state index contributed by atoms with van der Waals surface area (Å²) in [6, 6.07) is 64.2. The van der Waals surface area contributed by atoms with Gasteiger partial charge in [-0.3, -0.25) is 0 Å². The summed E-state index contributed by atoms with van der Waals surface area (Å²) in [7, 11) is 0. The number of hydrogen-bond donors (Lipinski definition) is 0. The molecule has 12 rings (SSSR count). The first-order valence-electron chi connectivity index (χ1n) is 19.3. The van der Waals surface area contributed by atoms with E-state index in [0.717, 1.165) is 44.2 Å². The number of para-hydroxylation sites is 1. The van der Waals surface area contributed by atoms with Crippen molar-refractivity contribution in [3.8, 4) is 56.5 Å². The van der Waals surface area contributed by atoms with Gasteiger partial charge in [-0.15, -0.1) is 22.7 Å². The van der Waals surface area contributed by atoms with Gasteiger partial charge in [0.1, 0.15) is 0 Å². The van der Waals surface area contributed by atoms with E-state index in [1.54, 1.807) is 11.3 Å². The van der Waals surface area contributed by atoms with Crippen LogP contribution in [-0.2, 0) is 0 Å². The number of thiophene rings is 2. The van der Waals surface area contributed by atoms with E-state index in [2.05, 4.69) is 164 Å². The molecular formula is C52H30N4S2. The van der Waals surface area contributed by atoms with Gasteiger partial charge in [0.15, 0.2) is 17.5 Å². The number of nitrogens with zero attached hydrogens (tertiary/aromatic N) is 4. The molecule has 4 heterocycles. The molecule has 0 radical (unpaired) electrons. The molecule has 58 heavy (non-hydrogen) atoms. The molecule has 0 aliphatic heterocycles. The van der Waals surface area contributed by atoms with Crippen LogP contribution in [0.3, 0.4) is 0 Å². The van der Waals surface area contributed by atoms with Crippen molar-refractivity contribution in [2.45, 2.75) is 0 Å². The van der Waals surface area contributed by atoms with Gasteiger partial charge in [0.25, 0.3) is 0 Å². The maximum absolute atomic E-state index is 5.29. The zero-order valence-electron chi connectivity index (χ0n) is 30.9. The molecule has 12 aromatic rings. The molecule has 4 aromatic heterocycles. The summed E-state index contributed by atoms with van der Waals surface area (Å²) in [6.45, 7) is 0. The second kappa shape index (κ2) is 13.2. The summed E-state index contributed by atoms with van der Waals surface area (Å²) in [5.41, 5.74) is 8.18. The molecule has 0 aliphatic rings. The Morgan fingerprint density at radius 2 is 0.862 bits per heavy atom. The molecule has 0 spiro atoms. The van der Waals surface area contributed by atoms with E-state index in [1.807, 2.05) is 29.5 Å². The minimum Gasteiger partial charge on any atom is -0.246 e. The fraction of sp³-hybridized carbons (Fsp3) is 0. The summed E-state index contributed by atoms with van der Waals surface area (Å²) < 4.78 is 5.02. The van der Waals surface area contributed by atoms with E-state index >= 15 is 0 Å². The SMILES string of the molecule is c1ccc(-c2nc(-c3cccc(-c4nc5ccccc5c5c4sc4ccccc45)c3)nc(-c3ccc(-c4cccc5c4sc4ccccc45)c4ccccc34)n2)cc1. The molecule has 0 fully saturated rings. The number of benzene rings is 8. The summed E-state index contributed by atoms with van der Waals surface area (Å²) in [6.07, 6.45) is 0. The lowest BCUT2D eigenvalue weighted by Gasteiger charge is -2.14. The summed E-state index contributed by atoms with van der Waals surface area (Å²) >= 11 is 3.65. The van der Waals surface area contributed by atoms with Crippen LogP contribution in [-0.4, -0.2) is 19.9 Å². The van der Waals surface area contributed by atoms with Crippen molar-refractivity contribution in [2.75, 3.05) is 0 Å². The Labute approximate surface area is 341 Å². The highest BCUT2D eigenvalue weighted by Crippen LogP contribution is 2.45. The van der Waals surface area contributed by atoms with Crippen molar-refractivity contribution < 1.29 is 0 Å². The van der Waals surface area contributed by atoms with Gasteiger partial charge in [-0.1, -0.05) is 152 Å². The van der Waals surface area contributed by atoms with Crippen LogP contribution in [0.5, 0.6) is 0 Å². The van der Waals surface area contributed by atoms with Crippen LogP contribution in [0.15, 0.2) is 182 Å². The molecule has 0 unspecified atom stereocenters. The maximum atomic E-state index is 5.29. The van der Waals surface area contributed by atoms with Crippen LogP contribution < -0.4 is 0 Å². The molecule has 0 atom stereocenters. The zero-order valence-corrected chi connectivity index (χ0v) is 32.6. The highest BCUT2D eigenvalue weighted by Gasteiger charge is 2.20. The topological polar surface area (TPSA) is 51.6 Å². The van der Waals surface area contributed by atoms with E-state index in [0.29, 0.717) is 17.5 Å². The van der Waals surface area contributed by atoms with Crippen molar-refractivity contribution in [2.24, 2.45) is 0 Å². The van der Waals surface area contributed by atoms with Crippen LogP contribution in [0.4, 0.5) is 0 Å². The third kappa shape index (κ3) is 5.27. The number of fused-ring (bicyclic) bond motifs is 9. The summed E-state index contributed by atoms with van der Waals surface area (Å²) in [5.74, 6) is 1.88. The van der Waals surface area contributed by atoms with Gasteiger partial charge in [-0.05, 0) is 46.7 Å². The molecule has 0 saturated heterocycles. The van der Waals surface area contributed by atoms with Crippen molar-refractivity contribution in [3.63, 3.8) is 0 Å². The Balaban J connectivity index is 1.05. The Morgan fingerprint density at radius 3 is 1.69 bits per heavy atom. The zero-order chi connectivity index (χ0) is 38.2. The van der Waals surface area contributed by atoms with E-state index in [1.165, 1.54) is 56.9 Å². The third-order valence-corrected chi connectivity index (χ3v) is 13.5. The van der Waals surface area contributed by atoms with Gasteiger partial charge in [-0.25, -0.2) is 19.9 Å². The average molecular weight is 775 g/mol. The van der Waals surface area contributed by atoms with Crippen molar-refractivity contribution in [1.29, 1.82) is 0 Å². The van der Waals surface area contributed by atoms with Crippen LogP contribution in [0.2, 0.25) is 0 Å². The Morgan fingerprint density at radius 1 is 0.310 bits per heavy atom. The van der Waals surface area contributed by atoms with Crippen LogP contribution in [0.25, 0.3) is 119 Å². The summed E-state index contributed by atoms with van der Waals surface area (Å²) in [5, 5.41) is 8.51. The largest absolute Gasteiger partial charge is 0.246 e. The average Bonchev–Trinajstić information content (AvgIpc) is 3.88. The first kappa shape index (κ1) is 33.1. The van der Waals surface area contributed by atoms with Gasteiger partial charge < -0.3 is 0 Å². The van der Waals surface area contributed by atoms with Crippen LogP contribution >= 0.6 is 22.7 Å². The lowest BCUT2D eigenvalue weighted by atomic mass is 9.94. The van der Waals surface area contributed by atoms with Gasteiger partial charge in [-0.2, -0.15) is 0 Å². The first-order valence-corrected chi connectivity index (χ1v) is 20.9. The van der Waals surface area contributed by atoms with Gasteiger partial charge in [0, 0.05) is 68.8 Å². The predicted octanol–water partition coefficient (Wildman–Crippen LogP) is 14.6. The molecule has 270 valence electrons. The molecule has 0 saturated carbocycles. The first-order chi connectivity index (χ1) is 28.7. The van der Waals surface area contributed by atoms with Gasteiger partial charge >= 0.3 is 0 Å². The second-order valence-electron chi connectivity index (χ2n) is 14.5. The van der Waals surface area contributed by atoms with E-state index in [9.17, 15) is 0 Å². The highest BCUT2D eigenvalue weighted by molar-refractivity contribution is 7.26. The minimum absolute atomic E-state index is 0.613. The lowest BCUT2D eigenvalue weighted by molar-refractivity contribution is 1.08. The number of rotatable bonds is 5. The van der Waals surface area contributed by atoms with Crippen molar-refractivity contribution >= 4 is 84.7 Å². The Bertz CT molecular complexity index is 3590. The standard InChI is InChI=1S/C52H30N4S2/c1-2-14-31(15-3-1)50-54-51(33-17-12-16-32(30-33)47-49-46(41-21-6-9-25-43(41)53-47)42-22-8-11-27-45(42)58-49)56-52(55-50)40-29-28-36(34-18-4-5-19-35(34)40)38-23-13-24-39-37-20-7-10-26-44(37)57-48(38)39/h1-30H. The fourth-order valence-electron chi connectivity index (χ4n) is 8.46. The number of pyridine rings is 1. The van der Waals surface area contributed by atoms with Crippen LogP contribution in [0, 0.1) is 0 Å². The lowest BCUT2D eigenvalue weighted by Crippen LogP contribution is -2.01. The molecule has 0 amide bonds. The van der Waals surface area contributed by atoms with Gasteiger partial charge in [0.05, 0.1) is 15.9 Å². The van der Waals surface area contributed by atoms with Crippen molar-refractivity contribution in [1.82, 2.24) is 19.9 Å². The maximum Gasteiger partial charge on any atom is 0.164 e. The Hall–Kier alpha value is -7.12. The quantitative estimate of drug-likeness (QED) is 0.175. The van der Waals surface area contributed by atoms with E-state index in [-0.39, 0.29) is 0 Å². The Kier molecular flexibility index (Phi) is 7.55. The molecule has 0 aliphatic carbocycles. The smallest absolute Gasteiger partial charge is 0.164 e. The molecule has 0 N–H and O–H groups in total. The molecule has 6 heteroatoms. The minimum atomic E-state index is 0.613. The fourth-order valence-corrected chi connectivity index (χ4v) is 10.9. The van der Waals surface area contributed by atoms with E-state index in [4.69, 9.17) is 19.9 Å². The number of hydrogen-bond acceptors (Lipinski definition) is 6. The third-order valence-electron chi connectivity index (χ3n) is 11.1. The molecule has 4 nitrogen and oxygen atoms in total. The normalized spacial score (nSPS) is 11.8. The molecule has 8 aromatic carbocycles. The molecule has 0 bridgehead atoms. The van der Waals surface area contributed by atoms with E-state index < -0.39 is 0 Å². The molecular weight excluding hydrogens is 745 g/mol. The van der Waals surface area contributed by atoms with Crippen LogP contribution in [0.1, 0.15) is 0 Å². The highest BCUT2D eigenvalue weighted by atomic mass is 32.1. The predicted molar refractivity (Wildman–Crippen MR) is 246 cm³/mol.